The van der Waals surface area contributed by atoms with E-state index in [1.54, 1.807) is 0 Å². The lowest BCUT2D eigenvalue weighted by Gasteiger charge is -2.48. The Hall–Kier alpha value is -1.55. The molecule has 2 aliphatic carbocycles. The summed E-state index contributed by atoms with van der Waals surface area (Å²) in [4.78, 5) is 14.2. The maximum absolute atomic E-state index is 12.4. The summed E-state index contributed by atoms with van der Waals surface area (Å²) in [5.74, 6) is 0. The summed E-state index contributed by atoms with van der Waals surface area (Å²) < 4.78 is 5.45. The van der Waals surface area contributed by atoms with Gasteiger partial charge in [0.05, 0.1) is 12.1 Å². The summed E-state index contributed by atoms with van der Waals surface area (Å²) in [6, 6.07) is 9.97. The van der Waals surface area contributed by atoms with E-state index in [1.807, 2.05) is 35.2 Å². The summed E-state index contributed by atoms with van der Waals surface area (Å²) in [6.07, 6.45) is 4.64. The highest BCUT2D eigenvalue weighted by atomic mass is 16.6. The average molecular weight is 275 g/mol. The smallest absolute Gasteiger partial charge is 0.410 e. The van der Waals surface area contributed by atoms with Gasteiger partial charge >= 0.3 is 6.09 Å². The molecule has 108 valence electrons. The molecule has 1 amide bonds. The van der Waals surface area contributed by atoms with Gasteiger partial charge in [-0.1, -0.05) is 30.3 Å². The van der Waals surface area contributed by atoms with Crippen LogP contribution < -0.4 is 0 Å². The molecule has 0 radical (unpaired) electrons. The maximum Gasteiger partial charge on any atom is 0.410 e. The fourth-order valence-corrected chi connectivity index (χ4v) is 2.91. The van der Waals surface area contributed by atoms with Crippen molar-refractivity contribution in [2.45, 2.75) is 50.3 Å². The molecule has 1 N–H and O–H groups in total. The van der Waals surface area contributed by atoms with Gasteiger partial charge in [0.25, 0.3) is 0 Å². The van der Waals surface area contributed by atoms with Gasteiger partial charge in [0.1, 0.15) is 6.61 Å². The van der Waals surface area contributed by atoms with Crippen LogP contribution in [0.15, 0.2) is 30.3 Å². The molecule has 2 aliphatic rings. The van der Waals surface area contributed by atoms with Gasteiger partial charge in [0, 0.05) is 6.04 Å². The molecule has 0 aliphatic heterocycles. The standard InChI is InChI=1S/C16H21NO3/c18-12-16(9-4-10-16)17(14-7-8-14)15(19)20-11-13-5-2-1-3-6-13/h1-3,5-6,14,18H,4,7-12H2. The number of nitrogens with zero attached hydrogens (tertiary/aromatic N) is 1. The number of benzene rings is 1. The third-order valence-corrected chi connectivity index (χ3v) is 4.40. The Balaban J connectivity index is 1.64. The molecule has 4 heteroatoms. The molecule has 1 aromatic carbocycles. The Labute approximate surface area is 119 Å². The zero-order valence-electron chi connectivity index (χ0n) is 11.6. The lowest BCUT2D eigenvalue weighted by Crippen LogP contribution is -2.59. The van der Waals surface area contributed by atoms with Crippen LogP contribution in [0.1, 0.15) is 37.7 Å². The zero-order valence-corrected chi connectivity index (χ0v) is 11.6. The van der Waals surface area contributed by atoms with Gasteiger partial charge in [-0.3, -0.25) is 4.90 Å². The number of hydrogen-bond donors (Lipinski definition) is 1. The van der Waals surface area contributed by atoms with Gasteiger partial charge in [-0.2, -0.15) is 0 Å². The fraction of sp³-hybridized carbons (Fsp3) is 0.562. The second-order valence-electron chi connectivity index (χ2n) is 5.88. The van der Waals surface area contributed by atoms with Crippen LogP contribution in [0.2, 0.25) is 0 Å². The van der Waals surface area contributed by atoms with E-state index in [1.165, 1.54) is 0 Å². The molecule has 0 heterocycles. The fourth-order valence-electron chi connectivity index (χ4n) is 2.91. The summed E-state index contributed by atoms with van der Waals surface area (Å²) in [5.41, 5.74) is 0.637. The van der Waals surface area contributed by atoms with E-state index >= 15 is 0 Å². The predicted molar refractivity (Wildman–Crippen MR) is 75.2 cm³/mol. The number of aliphatic hydroxyl groups is 1. The molecule has 0 unspecified atom stereocenters. The SMILES string of the molecule is O=C(OCc1ccccc1)N(C1CC1)C1(CO)CCC1. The largest absolute Gasteiger partial charge is 0.445 e. The number of rotatable bonds is 5. The van der Waals surface area contributed by atoms with Crippen molar-refractivity contribution in [3.8, 4) is 0 Å². The molecule has 0 spiro atoms. The first-order valence-electron chi connectivity index (χ1n) is 7.36. The van der Waals surface area contributed by atoms with Crippen LogP contribution in [0, 0.1) is 0 Å². The molecule has 2 fully saturated rings. The predicted octanol–water partition coefficient (Wildman–Crippen LogP) is 2.70. The van der Waals surface area contributed by atoms with Crippen molar-refractivity contribution >= 4 is 6.09 Å². The summed E-state index contributed by atoms with van der Waals surface area (Å²) in [7, 11) is 0. The maximum atomic E-state index is 12.4. The lowest BCUT2D eigenvalue weighted by atomic mass is 9.76. The van der Waals surface area contributed by atoms with Crippen molar-refractivity contribution < 1.29 is 14.6 Å². The van der Waals surface area contributed by atoms with E-state index in [9.17, 15) is 9.90 Å². The minimum Gasteiger partial charge on any atom is -0.445 e. The number of ether oxygens (including phenoxy) is 1. The highest BCUT2D eigenvalue weighted by molar-refractivity contribution is 5.70. The number of amides is 1. The summed E-state index contributed by atoms with van der Waals surface area (Å²) >= 11 is 0. The first kappa shape index (κ1) is 13.4. The molecule has 20 heavy (non-hydrogen) atoms. The molecule has 0 aromatic heterocycles. The molecule has 0 atom stereocenters. The average Bonchev–Trinajstić information content (AvgIpc) is 3.25. The molecule has 0 bridgehead atoms. The second-order valence-corrected chi connectivity index (χ2v) is 5.88. The van der Waals surface area contributed by atoms with Crippen LogP contribution in [0.4, 0.5) is 4.79 Å². The van der Waals surface area contributed by atoms with E-state index in [4.69, 9.17) is 4.74 Å². The number of hydrogen-bond acceptors (Lipinski definition) is 3. The van der Waals surface area contributed by atoms with Gasteiger partial charge in [-0.05, 0) is 37.7 Å². The normalized spacial score (nSPS) is 20.1. The Kier molecular flexibility index (Phi) is 3.66. The summed E-state index contributed by atoms with van der Waals surface area (Å²) in [5, 5.41) is 9.67. The van der Waals surface area contributed by atoms with Gasteiger partial charge in [0.2, 0.25) is 0 Å². The Morgan fingerprint density at radius 3 is 2.50 bits per heavy atom. The number of carbonyl (C=O) groups excluding carboxylic acids is 1. The van der Waals surface area contributed by atoms with E-state index in [2.05, 4.69) is 0 Å². The van der Waals surface area contributed by atoms with Crippen molar-refractivity contribution in [1.29, 1.82) is 0 Å². The van der Waals surface area contributed by atoms with Gasteiger partial charge in [-0.25, -0.2) is 4.79 Å². The van der Waals surface area contributed by atoms with Crippen LogP contribution in [0.25, 0.3) is 0 Å². The van der Waals surface area contributed by atoms with Crippen LogP contribution in [0.5, 0.6) is 0 Å². The van der Waals surface area contributed by atoms with Crippen LogP contribution in [-0.4, -0.2) is 34.3 Å². The van der Waals surface area contributed by atoms with Crippen LogP contribution >= 0.6 is 0 Å². The first-order valence-corrected chi connectivity index (χ1v) is 7.36. The Morgan fingerprint density at radius 1 is 1.30 bits per heavy atom. The van der Waals surface area contributed by atoms with Crippen LogP contribution in [-0.2, 0) is 11.3 Å². The minimum absolute atomic E-state index is 0.0456. The molecule has 2 saturated carbocycles. The third kappa shape index (κ3) is 2.52. The monoisotopic (exact) mass is 275 g/mol. The highest BCUT2D eigenvalue weighted by Crippen LogP contribution is 2.44. The number of aliphatic hydroxyl groups excluding tert-OH is 1. The van der Waals surface area contributed by atoms with Gasteiger partial charge in [-0.15, -0.1) is 0 Å². The molecular weight excluding hydrogens is 254 g/mol. The van der Waals surface area contributed by atoms with Crippen molar-refractivity contribution in [1.82, 2.24) is 4.90 Å². The molecule has 0 saturated heterocycles. The van der Waals surface area contributed by atoms with Crippen molar-refractivity contribution in [2.24, 2.45) is 0 Å². The summed E-state index contributed by atoms with van der Waals surface area (Å²) in [6.45, 7) is 0.342. The molecule has 1 aromatic rings. The highest BCUT2D eigenvalue weighted by Gasteiger charge is 2.51. The molecule has 4 nitrogen and oxygen atoms in total. The number of carbonyl (C=O) groups is 1. The van der Waals surface area contributed by atoms with Crippen molar-refractivity contribution in [3.05, 3.63) is 35.9 Å². The quantitative estimate of drug-likeness (QED) is 0.899. The van der Waals surface area contributed by atoms with Gasteiger partial charge < -0.3 is 9.84 Å². The third-order valence-electron chi connectivity index (χ3n) is 4.40. The van der Waals surface area contributed by atoms with Gasteiger partial charge in [0.15, 0.2) is 0 Å². The van der Waals surface area contributed by atoms with Crippen molar-refractivity contribution in [3.63, 3.8) is 0 Å². The Bertz CT molecular complexity index is 460. The topological polar surface area (TPSA) is 49.8 Å². The van der Waals surface area contributed by atoms with E-state index in [-0.39, 0.29) is 24.3 Å². The molecular formula is C16H21NO3. The van der Waals surface area contributed by atoms with Crippen molar-refractivity contribution in [2.75, 3.05) is 6.61 Å². The minimum atomic E-state index is -0.352. The first-order chi connectivity index (χ1) is 9.75. The van der Waals surface area contributed by atoms with E-state index in [0.29, 0.717) is 6.61 Å². The second kappa shape index (κ2) is 5.44. The van der Waals surface area contributed by atoms with E-state index in [0.717, 1.165) is 37.7 Å². The van der Waals surface area contributed by atoms with Crippen LogP contribution in [0.3, 0.4) is 0 Å². The Morgan fingerprint density at radius 2 is 2.00 bits per heavy atom. The van der Waals surface area contributed by atoms with E-state index < -0.39 is 0 Å². The zero-order chi connectivity index (χ0) is 14.0. The lowest BCUT2D eigenvalue weighted by molar-refractivity contribution is -0.0330. The molecule has 3 rings (SSSR count).